The summed E-state index contributed by atoms with van der Waals surface area (Å²) in [5.41, 5.74) is 7.07. The van der Waals surface area contributed by atoms with Crippen molar-refractivity contribution in [2.45, 2.75) is 38.7 Å². The molecule has 1 unspecified atom stereocenters. The van der Waals surface area contributed by atoms with Crippen molar-refractivity contribution in [3.8, 4) is 5.75 Å². The molecule has 2 heterocycles. The quantitative estimate of drug-likeness (QED) is 0.273. The van der Waals surface area contributed by atoms with Gasteiger partial charge in [0, 0.05) is 35.5 Å². The Morgan fingerprint density at radius 3 is 2.82 bits per heavy atom. The summed E-state index contributed by atoms with van der Waals surface area (Å²) in [6.45, 7) is 2.74. The maximum Gasteiger partial charge on any atom is 0.190 e. The molecule has 34 heavy (non-hydrogen) atoms. The first-order valence-electron chi connectivity index (χ1n) is 11.7. The number of nitrogens with one attached hydrogen (secondary N) is 3. The number of hydrogen-bond donors (Lipinski definition) is 4. The van der Waals surface area contributed by atoms with Gasteiger partial charge in [-0.2, -0.15) is 0 Å². The Hall–Kier alpha value is -3.58. The summed E-state index contributed by atoms with van der Waals surface area (Å²) < 4.78 is 20.7. The number of pyridine rings is 1. The van der Waals surface area contributed by atoms with Gasteiger partial charge in [-0.25, -0.2) is 4.39 Å². The third kappa shape index (κ3) is 3.96. The fourth-order valence-electron chi connectivity index (χ4n) is 4.84. The molecule has 1 aliphatic rings. The molecule has 1 aliphatic carbocycles. The number of para-hydroxylation sites is 1. The first-order valence-corrected chi connectivity index (χ1v) is 11.7. The predicted octanol–water partition coefficient (Wildman–Crippen LogP) is 5.65. The highest BCUT2D eigenvalue weighted by atomic mass is 19.1. The van der Waals surface area contributed by atoms with Crippen molar-refractivity contribution < 1.29 is 14.2 Å². The van der Waals surface area contributed by atoms with Crippen LogP contribution in [0.25, 0.3) is 10.9 Å². The molecule has 0 saturated heterocycles. The number of anilines is 3. The number of rotatable bonds is 8. The van der Waals surface area contributed by atoms with Gasteiger partial charge in [-0.15, -0.1) is 0 Å². The van der Waals surface area contributed by atoms with Crippen LogP contribution in [-0.2, 0) is 19.3 Å². The van der Waals surface area contributed by atoms with Crippen LogP contribution in [0.5, 0.6) is 5.75 Å². The molecule has 1 atom stereocenters. The van der Waals surface area contributed by atoms with E-state index in [4.69, 9.17) is 4.74 Å². The SMILES string of the molecule is CCc1cccc2c(CCNc3ccc(Nc4ccnc5c4CCC5O)c(OC)c3F)c[nH]c12. The molecule has 0 radical (unpaired) electrons. The molecular weight excluding hydrogens is 431 g/mol. The first kappa shape index (κ1) is 22.2. The third-order valence-electron chi connectivity index (χ3n) is 6.62. The topological polar surface area (TPSA) is 82.2 Å². The molecule has 0 bridgehead atoms. The summed E-state index contributed by atoms with van der Waals surface area (Å²) in [6.07, 6.45) is 6.26. The highest BCUT2D eigenvalue weighted by Gasteiger charge is 2.25. The van der Waals surface area contributed by atoms with Crippen molar-refractivity contribution in [1.29, 1.82) is 0 Å². The number of ether oxygens (including phenoxy) is 1. The number of H-pyrrole nitrogens is 1. The smallest absolute Gasteiger partial charge is 0.190 e. The summed E-state index contributed by atoms with van der Waals surface area (Å²) >= 11 is 0. The number of methoxy groups -OCH3 is 1. The maximum absolute atomic E-state index is 15.3. The van der Waals surface area contributed by atoms with Gasteiger partial charge >= 0.3 is 0 Å². The van der Waals surface area contributed by atoms with E-state index < -0.39 is 11.9 Å². The average molecular weight is 461 g/mol. The Bertz CT molecular complexity index is 1330. The molecule has 0 saturated carbocycles. The molecule has 0 fully saturated rings. The summed E-state index contributed by atoms with van der Waals surface area (Å²) in [6, 6.07) is 11.7. The van der Waals surface area contributed by atoms with E-state index in [2.05, 4.69) is 45.7 Å². The Labute approximate surface area is 198 Å². The minimum Gasteiger partial charge on any atom is -0.492 e. The monoisotopic (exact) mass is 460 g/mol. The number of aryl methyl sites for hydroxylation is 1. The van der Waals surface area contributed by atoms with Gasteiger partial charge in [0.25, 0.3) is 0 Å². The van der Waals surface area contributed by atoms with E-state index in [1.165, 1.54) is 29.1 Å². The lowest BCUT2D eigenvalue weighted by atomic mass is 10.1. The number of aliphatic hydroxyl groups is 1. The number of nitrogens with zero attached hydrogens (tertiary/aromatic N) is 1. The minimum atomic E-state index is -0.548. The standard InChI is InChI=1S/C27H29FN4O2/c1-3-16-5-4-6-18-17(15-31-25(16)18)11-13-29-21-8-9-22(27(34-2)24(21)28)32-20-12-14-30-26-19(20)7-10-23(26)33/h4-6,8-9,12,14-15,23,29,31,33H,3,7,10-11,13H2,1-2H3,(H,30,32). The van der Waals surface area contributed by atoms with Crippen LogP contribution in [-0.4, -0.2) is 28.7 Å². The summed E-state index contributed by atoms with van der Waals surface area (Å²) in [4.78, 5) is 7.68. The van der Waals surface area contributed by atoms with Gasteiger partial charge in [-0.3, -0.25) is 4.98 Å². The molecule has 0 spiro atoms. The molecular formula is C27H29FN4O2. The van der Waals surface area contributed by atoms with Gasteiger partial charge in [-0.05, 0) is 60.6 Å². The number of halogens is 1. The van der Waals surface area contributed by atoms with Gasteiger partial charge in [0.15, 0.2) is 11.6 Å². The molecule has 2 aromatic carbocycles. The number of aromatic amines is 1. The minimum absolute atomic E-state index is 0.147. The number of hydrogen-bond acceptors (Lipinski definition) is 5. The Morgan fingerprint density at radius 1 is 1.15 bits per heavy atom. The fraction of sp³-hybridized carbons (Fsp3) is 0.296. The normalized spacial score (nSPS) is 14.9. The van der Waals surface area contributed by atoms with E-state index in [-0.39, 0.29) is 5.75 Å². The van der Waals surface area contributed by atoms with E-state index in [0.717, 1.165) is 30.5 Å². The number of benzene rings is 2. The van der Waals surface area contributed by atoms with Crippen molar-refractivity contribution in [3.63, 3.8) is 0 Å². The lowest BCUT2D eigenvalue weighted by Gasteiger charge is -2.17. The Balaban J connectivity index is 1.32. The van der Waals surface area contributed by atoms with Crippen molar-refractivity contribution in [3.05, 3.63) is 77.0 Å². The second-order valence-corrected chi connectivity index (χ2v) is 8.59. The van der Waals surface area contributed by atoms with Crippen LogP contribution in [0, 0.1) is 5.82 Å². The second kappa shape index (κ2) is 9.35. The van der Waals surface area contributed by atoms with E-state index in [9.17, 15) is 5.11 Å². The van der Waals surface area contributed by atoms with Crippen LogP contribution < -0.4 is 15.4 Å². The fourth-order valence-corrected chi connectivity index (χ4v) is 4.84. The van der Waals surface area contributed by atoms with Crippen LogP contribution in [0.2, 0.25) is 0 Å². The molecule has 176 valence electrons. The summed E-state index contributed by atoms with van der Waals surface area (Å²) in [5.74, 6) is -0.292. The van der Waals surface area contributed by atoms with Crippen molar-refractivity contribution >= 4 is 28.0 Å². The molecule has 2 aromatic heterocycles. The van der Waals surface area contributed by atoms with Gasteiger partial charge in [0.05, 0.1) is 30.3 Å². The average Bonchev–Trinajstić information content (AvgIpc) is 3.45. The largest absolute Gasteiger partial charge is 0.492 e. The van der Waals surface area contributed by atoms with E-state index >= 15 is 4.39 Å². The van der Waals surface area contributed by atoms with E-state index in [0.29, 0.717) is 30.0 Å². The van der Waals surface area contributed by atoms with Gasteiger partial charge in [0.2, 0.25) is 0 Å². The van der Waals surface area contributed by atoms with Crippen LogP contribution in [0.1, 0.15) is 41.8 Å². The number of aliphatic hydroxyl groups excluding tert-OH is 1. The highest BCUT2D eigenvalue weighted by Crippen LogP contribution is 2.39. The second-order valence-electron chi connectivity index (χ2n) is 8.59. The molecule has 0 amide bonds. The highest BCUT2D eigenvalue weighted by molar-refractivity contribution is 5.86. The van der Waals surface area contributed by atoms with E-state index in [1.807, 2.05) is 18.3 Å². The lowest BCUT2D eigenvalue weighted by Crippen LogP contribution is -2.08. The van der Waals surface area contributed by atoms with Crippen molar-refractivity contribution in [2.75, 3.05) is 24.3 Å². The van der Waals surface area contributed by atoms with Crippen LogP contribution in [0.4, 0.5) is 21.5 Å². The van der Waals surface area contributed by atoms with Crippen molar-refractivity contribution in [2.24, 2.45) is 0 Å². The molecule has 4 aromatic rings. The first-order chi connectivity index (χ1) is 16.6. The number of aromatic nitrogens is 2. The third-order valence-corrected chi connectivity index (χ3v) is 6.62. The molecule has 0 aliphatic heterocycles. The predicted molar refractivity (Wildman–Crippen MR) is 134 cm³/mol. The zero-order chi connectivity index (χ0) is 23.7. The summed E-state index contributed by atoms with van der Waals surface area (Å²) in [5, 5.41) is 17.8. The van der Waals surface area contributed by atoms with Crippen LogP contribution in [0.3, 0.4) is 0 Å². The Kier molecular flexibility index (Phi) is 6.11. The summed E-state index contributed by atoms with van der Waals surface area (Å²) in [7, 11) is 1.46. The molecule has 7 heteroatoms. The molecule has 4 N–H and O–H groups in total. The maximum atomic E-state index is 15.3. The Morgan fingerprint density at radius 2 is 2.00 bits per heavy atom. The zero-order valence-electron chi connectivity index (χ0n) is 19.4. The molecule has 5 rings (SSSR count). The van der Waals surface area contributed by atoms with Crippen molar-refractivity contribution in [1.82, 2.24) is 9.97 Å². The van der Waals surface area contributed by atoms with Gasteiger partial charge in [0.1, 0.15) is 0 Å². The zero-order valence-corrected chi connectivity index (χ0v) is 19.4. The van der Waals surface area contributed by atoms with Gasteiger partial charge < -0.3 is 25.5 Å². The van der Waals surface area contributed by atoms with Crippen LogP contribution in [0.15, 0.2) is 48.8 Å². The number of fused-ring (bicyclic) bond motifs is 2. The molecule has 6 nitrogen and oxygen atoms in total. The van der Waals surface area contributed by atoms with E-state index in [1.54, 1.807) is 12.3 Å². The van der Waals surface area contributed by atoms with Crippen LogP contribution >= 0.6 is 0 Å². The van der Waals surface area contributed by atoms with Gasteiger partial charge in [-0.1, -0.05) is 25.1 Å². The lowest BCUT2D eigenvalue weighted by molar-refractivity contribution is 0.176.